The highest BCUT2D eigenvalue weighted by Gasteiger charge is 2.24. The van der Waals surface area contributed by atoms with E-state index in [4.69, 9.17) is 9.47 Å². The predicted molar refractivity (Wildman–Crippen MR) is 107 cm³/mol. The third-order valence-corrected chi connectivity index (χ3v) is 4.81. The number of anilines is 1. The Kier molecular flexibility index (Phi) is 6.37. The second-order valence-electron chi connectivity index (χ2n) is 6.62. The molecule has 7 heteroatoms. The van der Waals surface area contributed by atoms with Gasteiger partial charge in [0.25, 0.3) is 5.91 Å². The van der Waals surface area contributed by atoms with Gasteiger partial charge in [-0.15, -0.1) is 0 Å². The van der Waals surface area contributed by atoms with Crippen LogP contribution in [0.15, 0.2) is 48.5 Å². The fourth-order valence-corrected chi connectivity index (χ4v) is 3.11. The molecule has 0 aromatic heterocycles. The summed E-state index contributed by atoms with van der Waals surface area (Å²) in [4.78, 5) is 26.5. The number of carbonyl (C=O) groups excluding carboxylic acids is 2. The monoisotopic (exact) mass is 383 g/mol. The number of nitrogens with one attached hydrogen (secondary N) is 2. The summed E-state index contributed by atoms with van der Waals surface area (Å²) in [5.74, 6) is 1.35. The van der Waals surface area contributed by atoms with E-state index >= 15 is 0 Å². The summed E-state index contributed by atoms with van der Waals surface area (Å²) < 4.78 is 10.2. The highest BCUT2D eigenvalue weighted by atomic mass is 16.5. The first-order valence-corrected chi connectivity index (χ1v) is 9.24. The average Bonchev–Trinajstić information content (AvgIpc) is 2.74. The molecule has 7 nitrogen and oxygen atoms in total. The second kappa shape index (κ2) is 9.12. The third kappa shape index (κ3) is 4.94. The molecule has 0 saturated carbocycles. The Morgan fingerprint density at radius 1 is 0.893 bits per heavy atom. The van der Waals surface area contributed by atoms with Gasteiger partial charge in [0.15, 0.2) is 0 Å². The van der Waals surface area contributed by atoms with Gasteiger partial charge in [-0.05, 0) is 61.4 Å². The van der Waals surface area contributed by atoms with Crippen LogP contribution in [0, 0.1) is 0 Å². The lowest BCUT2D eigenvalue weighted by atomic mass is 10.0. The molecule has 148 valence electrons. The zero-order valence-electron chi connectivity index (χ0n) is 16.1. The molecule has 1 aliphatic rings. The quantitative estimate of drug-likeness (QED) is 0.831. The molecule has 3 amide bonds. The third-order valence-electron chi connectivity index (χ3n) is 4.81. The van der Waals surface area contributed by atoms with Crippen LogP contribution >= 0.6 is 0 Å². The molecule has 1 heterocycles. The van der Waals surface area contributed by atoms with Crippen LogP contribution in [0.25, 0.3) is 0 Å². The molecule has 0 bridgehead atoms. The molecule has 2 N–H and O–H groups in total. The molecular formula is C21H25N3O4. The Bertz CT molecular complexity index is 797. The lowest BCUT2D eigenvalue weighted by molar-refractivity contribution is 0.0919. The van der Waals surface area contributed by atoms with Crippen molar-refractivity contribution < 1.29 is 19.1 Å². The van der Waals surface area contributed by atoms with Gasteiger partial charge in [0.1, 0.15) is 11.5 Å². The van der Waals surface area contributed by atoms with E-state index in [1.54, 1.807) is 67.7 Å². The molecule has 28 heavy (non-hydrogen) atoms. The lowest BCUT2D eigenvalue weighted by Gasteiger charge is -2.32. The first kappa shape index (κ1) is 19.5. The maximum atomic E-state index is 12.4. The van der Waals surface area contributed by atoms with Crippen LogP contribution in [0.5, 0.6) is 11.5 Å². The molecule has 1 fully saturated rings. The first-order chi connectivity index (χ1) is 13.6. The Morgan fingerprint density at radius 2 is 1.43 bits per heavy atom. The van der Waals surface area contributed by atoms with E-state index in [0.717, 1.165) is 24.3 Å². The molecule has 0 radical (unpaired) electrons. The maximum absolute atomic E-state index is 12.4. The summed E-state index contributed by atoms with van der Waals surface area (Å²) in [6.07, 6.45) is 1.44. The minimum atomic E-state index is -0.134. The molecule has 0 atom stereocenters. The normalized spacial score (nSPS) is 14.3. The molecule has 0 unspecified atom stereocenters. The fourth-order valence-electron chi connectivity index (χ4n) is 3.11. The van der Waals surface area contributed by atoms with Crippen LogP contribution in [0.4, 0.5) is 10.5 Å². The van der Waals surface area contributed by atoms with Crippen molar-refractivity contribution in [3.05, 3.63) is 54.1 Å². The van der Waals surface area contributed by atoms with E-state index in [2.05, 4.69) is 10.6 Å². The zero-order chi connectivity index (χ0) is 19.9. The van der Waals surface area contributed by atoms with Crippen molar-refractivity contribution in [2.75, 3.05) is 32.6 Å². The van der Waals surface area contributed by atoms with Crippen LogP contribution < -0.4 is 20.1 Å². The molecular weight excluding hydrogens is 358 g/mol. The van der Waals surface area contributed by atoms with Crippen LogP contribution in [-0.2, 0) is 0 Å². The van der Waals surface area contributed by atoms with Crippen LogP contribution in [0.2, 0.25) is 0 Å². The van der Waals surface area contributed by atoms with Gasteiger partial charge in [-0.2, -0.15) is 0 Å². The Labute approximate surface area is 164 Å². The van der Waals surface area contributed by atoms with Gasteiger partial charge >= 0.3 is 6.03 Å². The Balaban J connectivity index is 1.46. The smallest absolute Gasteiger partial charge is 0.321 e. The van der Waals surface area contributed by atoms with Crippen LogP contribution in [0.1, 0.15) is 23.2 Å². The number of piperidine rings is 1. The van der Waals surface area contributed by atoms with Gasteiger partial charge in [-0.1, -0.05) is 0 Å². The van der Waals surface area contributed by atoms with Crippen molar-refractivity contribution in [2.24, 2.45) is 0 Å². The average molecular weight is 383 g/mol. The number of rotatable bonds is 5. The largest absolute Gasteiger partial charge is 0.497 e. The number of benzene rings is 2. The summed E-state index contributed by atoms with van der Waals surface area (Å²) in [7, 11) is 3.19. The van der Waals surface area contributed by atoms with Gasteiger partial charge < -0.3 is 25.0 Å². The molecule has 0 spiro atoms. The number of ether oxygens (including phenoxy) is 2. The summed E-state index contributed by atoms with van der Waals surface area (Å²) in [5.41, 5.74) is 1.32. The first-order valence-electron chi connectivity index (χ1n) is 9.24. The topological polar surface area (TPSA) is 79.9 Å². The maximum Gasteiger partial charge on any atom is 0.321 e. The van der Waals surface area contributed by atoms with Gasteiger partial charge in [0.2, 0.25) is 0 Å². The Hall–Kier alpha value is -3.22. The SMILES string of the molecule is COc1ccc(NC(=O)N2CCC(NC(=O)c3ccc(OC)cc3)CC2)cc1. The number of nitrogens with zero attached hydrogens (tertiary/aromatic N) is 1. The summed E-state index contributed by atoms with van der Waals surface area (Å²) in [6.45, 7) is 1.19. The molecule has 3 rings (SSSR count). The highest BCUT2D eigenvalue weighted by Crippen LogP contribution is 2.17. The minimum Gasteiger partial charge on any atom is -0.497 e. The molecule has 1 aliphatic heterocycles. The van der Waals surface area contributed by atoms with Crippen LogP contribution in [-0.4, -0.2) is 50.2 Å². The number of hydrogen-bond acceptors (Lipinski definition) is 4. The van der Waals surface area contributed by atoms with Gasteiger partial charge in [0.05, 0.1) is 14.2 Å². The van der Waals surface area contributed by atoms with Crippen molar-refractivity contribution >= 4 is 17.6 Å². The van der Waals surface area contributed by atoms with E-state index < -0.39 is 0 Å². The predicted octanol–water partition coefficient (Wildman–Crippen LogP) is 3.13. The number of methoxy groups -OCH3 is 2. The van der Waals surface area contributed by atoms with Gasteiger partial charge in [-0.25, -0.2) is 4.79 Å². The molecule has 1 saturated heterocycles. The van der Waals surface area contributed by atoms with E-state index in [1.807, 2.05) is 0 Å². The van der Waals surface area contributed by atoms with E-state index in [-0.39, 0.29) is 18.0 Å². The van der Waals surface area contributed by atoms with Crippen molar-refractivity contribution in [1.29, 1.82) is 0 Å². The van der Waals surface area contributed by atoms with Gasteiger partial charge in [0, 0.05) is 30.4 Å². The number of hydrogen-bond donors (Lipinski definition) is 2. The number of likely N-dealkylation sites (tertiary alicyclic amines) is 1. The molecule has 2 aromatic carbocycles. The summed E-state index contributed by atoms with van der Waals surface area (Å²) in [5, 5.41) is 5.93. The molecule has 0 aliphatic carbocycles. The highest BCUT2D eigenvalue weighted by molar-refractivity contribution is 5.94. The van der Waals surface area contributed by atoms with Gasteiger partial charge in [-0.3, -0.25) is 4.79 Å². The fraction of sp³-hybridized carbons (Fsp3) is 0.333. The molecule has 2 aromatic rings. The Morgan fingerprint density at radius 3 is 1.96 bits per heavy atom. The van der Waals surface area contributed by atoms with E-state index in [0.29, 0.717) is 24.4 Å². The van der Waals surface area contributed by atoms with Crippen molar-refractivity contribution in [1.82, 2.24) is 10.2 Å². The van der Waals surface area contributed by atoms with Crippen molar-refractivity contribution in [2.45, 2.75) is 18.9 Å². The number of urea groups is 1. The number of amides is 3. The summed E-state index contributed by atoms with van der Waals surface area (Å²) >= 11 is 0. The van der Waals surface area contributed by atoms with Crippen molar-refractivity contribution in [3.63, 3.8) is 0 Å². The minimum absolute atomic E-state index is 0.0552. The number of carbonyl (C=O) groups is 2. The second-order valence-corrected chi connectivity index (χ2v) is 6.62. The summed E-state index contributed by atoms with van der Waals surface area (Å²) in [6, 6.07) is 14.1. The lowest BCUT2D eigenvalue weighted by Crippen LogP contribution is -2.47. The van der Waals surface area contributed by atoms with Crippen LogP contribution in [0.3, 0.4) is 0 Å². The van der Waals surface area contributed by atoms with Crippen molar-refractivity contribution in [3.8, 4) is 11.5 Å². The standard InChI is InChI=1S/C21H25N3O4/c1-27-18-7-3-15(4-8-18)20(25)22-17-11-13-24(14-12-17)21(26)23-16-5-9-19(28-2)10-6-16/h3-10,17H,11-14H2,1-2H3,(H,22,25)(H,23,26). The zero-order valence-corrected chi connectivity index (χ0v) is 16.1. The van der Waals surface area contributed by atoms with E-state index in [1.165, 1.54) is 0 Å². The van der Waals surface area contributed by atoms with E-state index in [9.17, 15) is 9.59 Å².